The molecule has 1 aliphatic carbocycles. The fraction of sp³-hybridized carbons (Fsp3) is 0.905. The van der Waals surface area contributed by atoms with Crippen LogP contribution in [0.25, 0.3) is 0 Å². The zero-order valence-corrected chi connectivity index (χ0v) is 16.7. The number of esters is 1. The fourth-order valence-electron chi connectivity index (χ4n) is 4.16. The highest BCUT2D eigenvalue weighted by molar-refractivity contribution is 5.75. The molecule has 146 valence electrons. The first kappa shape index (κ1) is 22.0. The van der Waals surface area contributed by atoms with Crippen molar-refractivity contribution in [3.8, 4) is 0 Å². The van der Waals surface area contributed by atoms with Gasteiger partial charge in [-0.3, -0.25) is 9.59 Å². The van der Waals surface area contributed by atoms with E-state index >= 15 is 0 Å². The molecule has 0 aliphatic heterocycles. The number of carbonyl (C=O) groups is 2. The number of rotatable bonds is 11. The van der Waals surface area contributed by atoms with Gasteiger partial charge in [0.15, 0.2) is 0 Å². The van der Waals surface area contributed by atoms with Crippen molar-refractivity contribution in [2.24, 2.45) is 17.8 Å². The lowest BCUT2D eigenvalue weighted by molar-refractivity contribution is -0.165. The number of carboxylic acid groups (broad SMARTS) is 1. The van der Waals surface area contributed by atoms with E-state index in [0.717, 1.165) is 25.7 Å². The molecular weight excluding hydrogens is 316 g/mol. The second-order valence-corrected chi connectivity index (χ2v) is 8.43. The molecule has 0 bridgehead atoms. The minimum absolute atomic E-state index is 0.195. The predicted molar refractivity (Wildman–Crippen MR) is 100 cm³/mol. The summed E-state index contributed by atoms with van der Waals surface area (Å²) in [6, 6.07) is 0. The molecule has 0 aromatic carbocycles. The minimum Gasteiger partial charge on any atom is -0.481 e. The third kappa shape index (κ3) is 8.24. The largest absolute Gasteiger partial charge is 0.481 e. The molecule has 0 radical (unpaired) electrons. The smallest absolute Gasteiger partial charge is 0.309 e. The molecule has 0 spiro atoms. The van der Waals surface area contributed by atoms with Gasteiger partial charge in [0.05, 0.1) is 11.8 Å². The second kappa shape index (κ2) is 10.8. The molecular formula is C21H38O4. The summed E-state index contributed by atoms with van der Waals surface area (Å²) in [5.74, 6) is -1.02. The summed E-state index contributed by atoms with van der Waals surface area (Å²) in [6.07, 6.45) is 10.8. The Kier molecular flexibility index (Phi) is 9.52. The van der Waals surface area contributed by atoms with Gasteiger partial charge in [0.25, 0.3) is 0 Å². The van der Waals surface area contributed by atoms with Crippen LogP contribution in [-0.4, -0.2) is 22.6 Å². The maximum absolute atomic E-state index is 12.6. The molecule has 3 unspecified atom stereocenters. The van der Waals surface area contributed by atoms with E-state index in [2.05, 4.69) is 13.8 Å². The van der Waals surface area contributed by atoms with Crippen LogP contribution >= 0.6 is 0 Å². The van der Waals surface area contributed by atoms with Crippen LogP contribution in [0.2, 0.25) is 0 Å². The van der Waals surface area contributed by atoms with E-state index in [9.17, 15) is 14.7 Å². The number of carboxylic acids is 1. The van der Waals surface area contributed by atoms with Crippen LogP contribution in [0.4, 0.5) is 0 Å². The van der Waals surface area contributed by atoms with Crippen molar-refractivity contribution in [1.82, 2.24) is 0 Å². The lowest BCUT2D eigenvalue weighted by Crippen LogP contribution is -2.36. The topological polar surface area (TPSA) is 63.6 Å². The Balaban J connectivity index is 2.55. The number of unbranched alkanes of at least 4 members (excludes halogenated alkanes) is 2. The van der Waals surface area contributed by atoms with E-state index in [1.54, 1.807) is 0 Å². The van der Waals surface area contributed by atoms with Crippen LogP contribution in [0.5, 0.6) is 0 Å². The third-order valence-electron chi connectivity index (χ3n) is 5.43. The molecule has 4 nitrogen and oxygen atoms in total. The van der Waals surface area contributed by atoms with E-state index in [0.29, 0.717) is 18.8 Å². The summed E-state index contributed by atoms with van der Waals surface area (Å²) in [4.78, 5) is 23.8. The Morgan fingerprint density at radius 2 is 1.76 bits per heavy atom. The molecule has 1 rings (SSSR count). The van der Waals surface area contributed by atoms with Crippen molar-refractivity contribution in [2.45, 2.75) is 104 Å². The Bertz CT molecular complexity index is 416. The molecule has 0 heterocycles. The quantitative estimate of drug-likeness (QED) is 0.388. The molecule has 4 heteroatoms. The Morgan fingerprint density at radius 1 is 1.08 bits per heavy atom. The molecule has 0 aromatic heterocycles. The number of carbonyl (C=O) groups excluding carboxylic acids is 1. The summed E-state index contributed by atoms with van der Waals surface area (Å²) in [6.45, 7) is 8.44. The monoisotopic (exact) mass is 354 g/mol. The molecule has 1 saturated carbocycles. The number of aliphatic carboxylic acids is 1. The van der Waals surface area contributed by atoms with Crippen molar-refractivity contribution in [1.29, 1.82) is 0 Å². The average Bonchev–Trinajstić information content (AvgIpc) is 2.54. The van der Waals surface area contributed by atoms with Crippen molar-refractivity contribution >= 4 is 11.9 Å². The van der Waals surface area contributed by atoms with Crippen LogP contribution in [-0.2, 0) is 14.3 Å². The SMILES string of the molecule is CCCCCC(CCC)CC(C)(C)OC(=O)C1CCCC(C(=O)O)C1. The van der Waals surface area contributed by atoms with Gasteiger partial charge in [-0.15, -0.1) is 0 Å². The van der Waals surface area contributed by atoms with Gasteiger partial charge >= 0.3 is 11.9 Å². The molecule has 0 amide bonds. The lowest BCUT2D eigenvalue weighted by atomic mass is 9.81. The highest BCUT2D eigenvalue weighted by Gasteiger charge is 2.35. The van der Waals surface area contributed by atoms with Gasteiger partial charge < -0.3 is 9.84 Å². The van der Waals surface area contributed by atoms with Gasteiger partial charge in [-0.05, 0) is 45.4 Å². The molecule has 0 saturated heterocycles. The summed E-state index contributed by atoms with van der Waals surface area (Å²) in [7, 11) is 0. The summed E-state index contributed by atoms with van der Waals surface area (Å²) in [5, 5.41) is 9.20. The van der Waals surface area contributed by atoms with Crippen LogP contribution < -0.4 is 0 Å². The van der Waals surface area contributed by atoms with E-state index < -0.39 is 17.5 Å². The Labute approximate surface area is 153 Å². The zero-order chi connectivity index (χ0) is 18.9. The highest BCUT2D eigenvalue weighted by atomic mass is 16.6. The molecule has 1 N–H and O–H groups in total. The maximum Gasteiger partial charge on any atom is 0.309 e. The van der Waals surface area contributed by atoms with E-state index in [4.69, 9.17) is 4.74 Å². The lowest BCUT2D eigenvalue weighted by Gasteiger charge is -2.33. The number of hydrogen-bond acceptors (Lipinski definition) is 3. The summed E-state index contributed by atoms with van der Waals surface area (Å²) in [5.41, 5.74) is -0.473. The van der Waals surface area contributed by atoms with Gasteiger partial charge in [0, 0.05) is 0 Å². The number of hydrogen-bond donors (Lipinski definition) is 1. The molecule has 3 atom stereocenters. The summed E-state index contributed by atoms with van der Waals surface area (Å²) < 4.78 is 5.86. The van der Waals surface area contributed by atoms with E-state index in [-0.39, 0.29) is 11.9 Å². The Hall–Kier alpha value is -1.06. The van der Waals surface area contributed by atoms with Crippen LogP contribution in [0, 0.1) is 17.8 Å². The van der Waals surface area contributed by atoms with Gasteiger partial charge in [0.2, 0.25) is 0 Å². The molecule has 25 heavy (non-hydrogen) atoms. The standard InChI is InChI=1S/C21H38O4/c1-5-7-8-11-16(10-6-2)15-21(3,4)25-20(24)18-13-9-12-17(14-18)19(22)23/h16-18H,5-15H2,1-4H3,(H,22,23). The van der Waals surface area contributed by atoms with Gasteiger partial charge in [-0.25, -0.2) is 0 Å². The number of ether oxygens (including phenoxy) is 1. The molecule has 1 fully saturated rings. The highest BCUT2D eigenvalue weighted by Crippen LogP contribution is 2.33. The average molecular weight is 355 g/mol. The van der Waals surface area contributed by atoms with Gasteiger partial charge in [-0.1, -0.05) is 58.8 Å². The van der Waals surface area contributed by atoms with Crippen LogP contribution in [0.3, 0.4) is 0 Å². The van der Waals surface area contributed by atoms with E-state index in [1.807, 2.05) is 13.8 Å². The minimum atomic E-state index is -0.782. The van der Waals surface area contributed by atoms with E-state index in [1.165, 1.54) is 32.1 Å². The van der Waals surface area contributed by atoms with Gasteiger partial charge in [-0.2, -0.15) is 0 Å². The first-order valence-corrected chi connectivity index (χ1v) is 10.2. The zero-order valence-electron chi connectivity index (χ0n) is 16.7. The second-order valence-electron chi connectivity index (χ2n) is 8.43. The van der Waals surface area contributed by atoms with Crippen molar-refractivity contribution in [2.75, 3.05) is 0 Å². The normalized spacial score (nSPS) is 22.4. The molecule has 1 aliphatic rings. The first-order valence-electron chi connectivity index (χ1n) is 10.2. The van der Waals surface area contributed by atoms with Crippen molar-refractivity contribution in [3.05, 3.63) is 0 Å². The van der Waals surface area contributed by atoms with Crippen molar-refractivity contribution < 1.29 is 19.4 Å². The van der Waals surface area contributed by atoms with Crippen LogP contribution in [0.15, 0.2) is 0 Å². The fourth-order valence-corrected chi connectivity index (χ4v) is 4.16. The van der Waals surface area contributed by atoms with Crippen LogP contribution in [0.1, 0.15) is 98.3 Å². The first-order chi connectivity index (χ1) is 11.8. The predicted octanol–water partition coefficient (Wildman–Crippen LogP) is 5.59. The van der Waals surface area contributed by atoms with Gasteiger partial charge in [0.1, 0.15) is 5.60 Å². The maximum atomic E-state index is 12.6. The third-order valence-corrected chi connectivity index (χ3v) is 5.43. The molecule has 0 aromatic rings. The van der Waals surface area contributed by atoms with Crippen molar-refractivity contribution in [3.63, 3.8) is 0 Å². The summed E-state index contributed by atoms with van der Waals surface area (Å²) >= 11 is 0. The Morgan fingerprint density at radius 3 is 2.36 bits per heavy atom.